The highest BCUT2D eigenvalue weighted by Crippen LogP contribution is 2.29. The number of nitrogens with zero attached hydrogens (tertiary/aromatic N) is 2. The van der Waals surface area contributed by atoms with Crippen molar-refractivity contribution in [1.29, 1.82) is 0 Å². The van der Waals surface area contributed by atoms with E-state index in [1.807, 2.05) is 0 Å². The zero-order valence-electron chi connectivity index (χ0n) is 10.7. The van der Waals surface area contributed by atoms with Crippen LogP contribution in [0.3, 0.4) is 0 Å². The third kappa shape index (κ3) is 1.87. The Balaban J connectivity index is 2.13. The minimum atomic E-state index is -1.26. The summed E-state index contributed by atoms with van der Waals surface area (Å²) in [6.45, 7) is 1.48. The Morgan fingerprint density at radius 2 is 1.90 bits per heavy atom. The molecule has 0 aliphatic rings. The van der Waals surface area contributed by atoms with E-state index in [1.54, 1.807) is 28.9 Å². The Kier molecular flexibility index (Phi) is 2.99. The van der Waals surface area contributed by atoms with E-state index in [-0.39, 0.29) is 11.1 Å². The predicted octanol–water partition coefficient (Wildman–Crippen LogP) is 3.00. The fourth-order valence-electron chi connectivity index (χ4n) is 2.20. The van der Waals surface area contributed by atoms with Crippen LogP contribution < -0.4 is 0 Å². The second kappa shape index (κ2) is 4.68. The molecule has 1 N–H and O–H groups in total. The fourth-order valence-corrected chi connectivity index (χ4v) is 2.20. The lowest BCUT2D eigenvalue weighted by Gasteiger charge is -2.12. The minimum absolute atomic E-state index is 0.0909. The van der Waals surface area contributed by atoms with E-state index in [1.165, 1.54) is 25.3 Å². The Labute approximate surface area is 114 Å². The van der Waals surface area contributed by atoms with Crippen LogP contribution in [-0.2, 0) is 0 Å². The summed E-state index contributed by atoms with van der Waals surface area (Å²) in [6, 6.07) is 8.18. The quantitative estimate of drug-likeness (QED) is 0.780. The van der Waals surface area contributed by atoms with Crippen LogP contribution in [0, 0.1) is 18.6 Å². The van der Waals surface area contributed by atoms with Crippen molar-refractivity contribution in [2.24, 2.45) is 0 Å². The lowest BCUT2D eigenvalue weighted by atomic mass is 10.0. The van der Waals surface area contributed by atoms with E-state index in [4.69, 9.17) is 0 Å². The number of aryl methyl sites for hydroxylation is 1. The van der Waals surface area contributed by atoms with Crippen LogP contribution in [0.5, 0.6) is 0 Å². The molecule has 0 saturated carbocycles. The van der Waals surface area contributed by atoms with Gasteiger partial charge in [-0.1, -0.05) is 18.2 Å². The summed E-state index contributed by atoms with van der Waals surface area (Å²) in [6.07, 6.45) is 1.92. The number of pyridine rings is 1. The van der Waals surface area contributed by atoms with Crippen LogP contribution >= 0.6 is 0 Å². The van der Waals surface area contributed by atoms with Gasteiger partial charge in [0.25, 0.3) is 0 Å². The van der Waals surface area contributed by atoms with Crippen LogP contribution in [0.25, 0.3) is 5.52 Å². The Hall–Kier alpha value is -2.27. The van der Waals surface area contributed by atoms with Crippen molar-refractivity contribution in [2.45, 2.75) is 13.0 Å². The van der Waals surface area contributed by atoms with Gasteiger partial charge < -0.3 is 5.11 Å². The van der Waals surface area contributed by atoms with Crippen LogP contribution in [0.1, 0.15) is 22.8 Å². The van der Waals surface area contributed by atoms with Crippen molar-refractivity contribution in [1.82, 2.24) is 9.61 Å². The number of hydrogen-bond acceptors (Lipinski definition) is 2. The molecule has 3 aromatic rings. The second-order valence-corrected chi connectivity index (χ2v) is 4.63. The Morgan fingerprint density at radius 1 is 1.10 bits per heavy atom. The van der Waals surface area contributed by atoms with Gasteiger partial charge in [-0.2, -0.15) is 5.10 Å². The molecule has 1 unspecified atom stereocenters. The first-order valence-electron chi connectivity index (χ1n) is 6.14. The van der Waals surface area contributed by atoms with Crippen LogP contribution in [-0.4, -0.2) is 14.7 Å². The van der Waals surface area contributed by atoms with Gasteiger partial charge in [-0.25, -0.2) is 13.3 Å². The summed E-state index contributed by atoms with van der Waals surface area (Å²) < 4.78 is 29.1. The third-order valence-electron chi connectivity index (χ3n) is 3.35. The molecule has 3 rings (SSSR count). The lowest BCUT2D eigenvalue weighted by molar-refractivity contribution is 0.214. The van der Waals surface area contributed by atoms with E-state index in [0.717, 1.165) is 0 Å². The molecule has 1 aromatic carbocycles. The van der Waals surface area contributed by atoms with Gasteiger partial charge in [0, 0.05) is 17.3 Å². The van der Waals surface area contributed by atoms with E-state index in [0.29, 0.717) is 11.1 Å². The molecule has 0 amide bonds. The highest BCUT2D eigenvalue weighted by Gasteiger charge is 2.21. The number of aliphatic hydroxyl groups excluding tert-OH is 1. The molecule has 0 aliphatic carbocycles. The standard InChI is InChI=1S/C15H12F2N2O/c1-9-5-6-10(14(17)13(9)16)15(20)11-8-18-19-7-3-2-4-12(11)19/h2-8,15,20H,1H3. The molecule has 0 saturated heterocycles. The zero-order chi connectivity index (χ0) is 14.3. The highest BCUT2D eigenvalue weighted by molar-refractivity contribution is 5.56. The molecule has 1 atom stereocenters. The molecule has 2 aromatic heterocycles. The molecule has 0 bridgehead atoms. The second-order valence-electron chi connectivity index (χ2n) is 4.63. The van der Waals surface area contributed by atoms with E-state index in [2.05, 4.69) is 5.10 Å². The molecule has 0 spiro atoms. The highest BCUT2D eigenvalue weighted by atomic mass is 19.2. The predicted molar refractivity (Wildman–Crippen MR) is 70.3 cm³/mol. The number of halogens is 2. The van der Waals surface area contributed by atoms with Crippen molar-refractivity contribution >= 4 is 5.52 Å². The van der Waals surface area contributed by atoms with E-state index in [9.17, 15) is 13.9 Å². The lowest BCUT2D eigenvalue weighted by Crippen LogP contribution is -2.05. The molecular weight excluding hydrogens is 262 g/mol. The average molecular weight is 274 g/mol. The Morgan fingerprint density at radius 3 is 2.70 bits per heavy atom. The van der Waals surface area contributed by atoms with Crippen molar-refractivity contribution < 1.29 is 13.9 Å². The molecule has 0 aliphatic heterocycles. The summed E-state index contributed by atoms with van der Waals surface area (Å²) >= 11 is 0. The van der Waals surface area contributed by atoms with Gasteiger partial charge in [-0.3, -0.25) is 0 Å². The van der Waals surface area contributed by atoms with Gasteiger partial charge in [-0.05, 0) is 24.6 Å². The van der Waals surface area contributed by atoms with Gasteiger partial charge in [0.2, 0.25) is 0 Å². The van der Waals surface area contributed by atoms with E-state index >= 15 is 0 Å². The number of benzene rings is 1. The first-order chi connectivity index (χ1) is 9.59. The number of rotatable bonds is 2. The molecule has 2 heterocycles. The smallest absolute Gasteiger partial charge is 0.165 e. The maximum atomic E-state index is 13.9. The van der Waals surface area contributed by atoms with Crippen LogP contribution in [0.2, 0.25) is 0 Å². The van der Waals surface area contributed by atoms with Gasteiger partial charge >= 0.3 is 0 Å². The summed E-state index contributed by atoms with van der Waals surface area (Å²) in [4.78, 5) is 0. The number of aliphatic hydroxyl groups is 1. The molecule has 102 valence electrons. The molecule has 0 fully saturated rings. The van der Waals surface area contributed by atoms with E-state index < -0.39 is 17.7 Å². The molecule has 5 heteroatoms. The first-order valence-corrected chi connectivity index (χ1v) is 6.14. The Bertz CT molecular complexity index is 783. The summed E-state index contributed by atoms with van der Waals surface area (Å²) in [5.41, 5.74) is 1.21. The van der Waals surface area contributed by atoms with Crippen molar-refractivity contribution in [3.05, 3.63) is 71.1 Å². The molecular formula is C15H12F2N2O. The van der Waals surface area contributed by atoms with Crippen molar-refractivity contribution in [3.8, 4) is 0 Å². The summed E-state index contributed by atoms with van der Waals surface area (Å²) in [5, 5.41) is 14.4. The van der Waals surface area contributed by atoms with Gasteiger partial charge in [-0.15, -0.1) is 0 Å². The maximum absolute atomic E-state index is 13.9. The number of fused-ring (bicyclic) bond motifs is 1. The monoisotopic (exact) mass is 274 g/mol. The van der Waals surface area contributed by atoms with Gasteiger partial charge in [0.15, 0.2) is 11.6 Å². The zero-order valence-corrected chi connectivity index (χ0v) is 10.7. The van der Waals surface area contributed by atoms with Crippen LogP contribution in [0.4, 0.5) is 8.78 Å². The van der Waals surface area contributed by atoms with Crippen LogP contribution in [0.15, 0.2) is 42.7 Å². The average Bonchev–Trinajstić information content (AvgIpc) is 2.88. The minimum Gasteiger partial charge on any atom is -0.383 e. The largest absolute Gasteiger partial charge is 0.383 e. The first kappa shape index (κ1) is 12.7. The summed E-state index contributed by atoms with van der Waals surface area (Å²) in [5.74, 6) is -1.95. The van der Waals surface area contributed by atoms with Gasteiger partial charge in [0.1, 0.15) is 6.10 Å². The topological polar surface area (TPSA) is 37.5 Å². The van der Waals surface area contributed by atoms with Gasteiger partial charge in [0.05, 0.1) is 11.7 Å². The van der Waals surface area contributed by atoms with Crippen molar-refractivity contribution in [3.63, 3.8) is 0 Å². The maximum Gasteiger partial charge on any atom is 0.165 e. The number of aromatic nitrogens is 2. The number of hydrogen-bond donors (Lipinski definition) is 1. The molecule has 3 nitrogen and oxygen atoms in total. The molecule has 20 heavy (non-hydrogen) atoms. The SMILES string of the molecule is Cc1ccc(C(O)c2cnn3ccccc23)c(F)c1F. The normalized spacial score (nSPS) is 12.8. The van der Waals surface area contributed by atoms with Crippen molar-refractivity contribution in [2.75, 3.05) is 0 Å². The fraction of sp³-hybridized carbons (Fsp3) is 0.133. The third-order valence-corrected chi connectivity index (χ3v) is 3.35. The summed E-state index contributed by atoms with van der Waals surface area (Å²) in [7, 11) is 0. The molecule has 0 radical (unpaired) electrons.